The Balaban J connectivity index is 1.66. The SMILES string of the molecule is NS(=O)(=O)c1cc([N+](=O)[O-])ccc1N1CCC[C@@H](c2nnc3n2CCCCC3)C1. The van der Waals surface area contributed by atoms with E-state index in [0.717, 1.165) is 56.4 Å². The number of rotatable bonds is 4. The molecule has 2 aromatic rings. The molecule has 1 saturated heterocycles. The lowest BCUT2D eigenvalue weighted by Crippen LogP contribution is -2.36. The summed E-state index contributed by atoms with van der Waals surface area (Å²) in [6, 6.07) is 3.83. The summed E-state index contributed by atoms with van der Waals surface area (Å²) in [4.78, 5) is 12.2. The summed E-state index contributed by atoms with van der Waals surface area (Å²) in [7, 11) is -4.11. The zero-order valence-electron chi connectivity index (χ0n) is 16.0. The van der Waals surface area contributed by atoms with Gasteiger partial charge in [0.05, 0.1) is 10.6 Å². The minimum absolute atomic E-state index is 0.117. The zero-order valence-corrected chi connectivity index (χ0v) is 16.8. The molecule has 0 unspecified atom stereocenters. The largest absolute Gasteiger partial charge is 0.370 e. The predicted molar refractivity (Wildman–Crippen MR) is 106 cm³/mol. The van der Waals surface area contributed by atoms with Crippen LogP contribution < -0.4 is 10.0 Å². The smallest absolute Gasteiger partial charge is 0.270 e. The Kier molecular flexibility index (Phi) is 5.26. The van der Waals surface area contributed by atoms with E-state index in [2.05, 4.69) is 14.8 Å². The molecule has 0 bridgehead atoms. The van der Waals surface area contributed by atoms with Crippen molar-refractivity contribution in [2.45, 2.75) is 55.9 Å². The van der Waals surface area contributed by atoms with Crippen LogP contribution in [-0.4, -0.2) is 41.2 Å². The fourth-order valence-electron chi connectivity index (χ4n) is 4.32. The van der Waals surface area contributed by atoms with Crippen LogP contribution in [0, 0.1) is 10.1 Å². The number of anilines is 1. The van der Waals surface area contributed by atoms with Crippen molar-refractivity contribution >= 4 is 21.4 Å². The third-order valence-electron chi connectivity index (χ3n) is 5.73. The molecule has 4 rings (SSSR count). The first kappa shape index (κ1) is 19.8. The second-order valence-corrected chi connectivity index (χ2v) is 9.21. The van der Waals surface area contributed by atoms with Gasteiger partial charge in [0, 0.05) is 44.1 Å². The number of piperidine rings is 1. The van der Waals surface area contributed by atoms with Crippen molar-refractivity contribution in [2.75, 3.05) is 18.0 Å². The molecule has 2 aliphatic rings. The molecule has 0 aliphatic carbocycles. The number of nitrogens with zero attached hydrogens (tertiary/aromatic N) is 5. The molecule has 0 amide bonds. The van der Waals surface area contributed by atoms with Crippen molar-refractivity contribution in [2.24, 2.45) is 5.14 Å². The van der Waals surface area contributed by atoms with E-state index in [4.69, 9.17) is 5.14 Å². The van der Waals surface area contributed by atoms with E-state index in [1.807, 2.05) is 4.90 Å². The number of nitrogens with two attached hydrogens (primary N) is 1. The van der Waals surface area contributed by atoms with Gasteiger partial charge in [-0.3, -0.25) is 10.1 Å². The highest BCUT2D eigenvalue weighted by Gasteiger charge is 2.30. The van der Waals surface area contributed by atoms with Crippen LogP contribution >= 0.6 is 0 Å². The maximum Gasteiger partial charge on any atom is 0.270 e. The third kappa shape index (κ3) is 3.97. The van der Waals surface area contributed by atoms with E-state index in [1.54, 1.807) is 0 Å². The Bertz CT molecular complexity index is 1030. The minimum atomic E-state index is -4.11. The van der Waals surface area contributed by atoms with Gasteiger partial charge in [-0.2, -0.15) is 0 Å². The molecular weight excluding hydrogens is 396 g/mol. The van der Waals surface area contributed by atoms with E-state index in [9.17, 15) is 18.5 Å². The van der Waals surface area contributed by atoms with E-state index in [-0.39, 0.29) is 16.5 Å². The Labute approximate surface area is 168 Å². The Morgan fingerprint density at radius 2 is 1.97 bits per heavy atom. The van der Waals surface area contributed by atoms with E-state index < -0.39 is 14.9 Å². The number of nitro benzene ring substituents is 1. The molecule has 3 heterocycles. The number of non-ortho nitro benzene ring substituents is 1. The van der Waals surface area contributed by atoms with Crippen LogP contribution in [0.15, 0.2) is 23.1 Å². The van der Waals surface area contributed by atoms with Crippen LogP contribution in [0.5, 0.6) is 0 Å². The highest BCUT2D eigenvalue weighted by Crippen LogP contribution is 2.34. The molecule has 0 spiro atoms. The summed E-state index contributed by atoms with van der Waals surface area (Å²) in [6.45, 7) is 2.13. The second kappa shape index (κ2) is 7.71. The number of nitro groups is 1. The first-order valence-electron chi connectivity index (χ1n) is 9.83. The van der Waals surface area contributed by atoms with Crippen LogP contribution in [0.25, 0.3) is 0 Å². The van der Waals surface area contributed by atoms with Gasteiger partial charge < -0.3 is 9.47 Å². The van der Waals surface area contributed by atoms with Gasteiger partial charge in [0.15, 0.2) is 0 Å². The number of aromatic nitrogens is 3. The fraction of sp³-hybridized carbons (Fsp3) is 0.556. The highest BCUT2D eigenvalue weighted by molar-refractivity contribution is 7.89. The van der Waals surface area contributed by atoms with Crippen molar-refractivity contribution in [1.82, 2.24) is 14.8 Å². The molecule has 11 heteroatoms. The van der Waals surface area contributed by atoms with Gasteiger partial charge >= 0.3 is 0 Å². The molecule has 10 nitrogen and oxygen atoms in total. The Hall–Kier alpha value is -2.53. The van der Waals surface area contributed by atoms with Crippen molar-refractivity contribution in [3.05, 3.63) is 40.0 Å². The summed E-state index contributed by atoms with van der Waals surface area (Å²) < 4.78 is 26.4. The average molecular weight is 420 g/mol. The van der Waals surface area contributed by atoms with Gasteiger partial charge in [0.2, 0.25) is 10.0 Å². The number of hydrogen-bond donors (Lipinski definition) is 1. The van der Waals surface area contributed by atoms with Crippen molar-refractivity contribution in [1.29, 1.82) is 0 Å². The number of benzene rings is 1. The van der Waals surface area contributed by atoms with Crippen LogP contribution in [0.2, 0.25) is 0 Å². The van der Waals surface area contributed by atoms with Crippen LogP contribution in [0.3, 0.4) is 0 Å². The molecule has 156 valence electrons. The lowest BCUT2D eigenvalue weighted by molar-refractivity contribution is -0.385. The number of primary sulfonamides is 1. The summed E-state index contributed by atoms with van der Waals surface area (Å²) in [6.07, 6.45) is 6.13. The summed E-state index contributed by atoms with van der Waals surface area (Å²) >= 11 is 0. The molecule has 1 atom stereocenters. The molecule has 0 radical (unpaired) electrons. The summed E-state index contributed by atoms with van der Waals surface area (Å²) in [5, 5.41) is 25.3. The molecule has 2 aliphatic heterocycles. The lowest BCUT2D eigenvalue weighted by Gasteiger charge is -2.35. The molecule has 1 aromatic heterocycles. The Morgan fingerprint density at radius 3 is 2.72 bits per heavy atom. The molecule has 0 saturated carbocycles. The van der Waals surface area contributed by atoms with Gasteiger partial charge in [0.25, 0.3) is 5.69 Å². The number of fused-ring (bicyclic) bond motifs is 1. The molecule has 29 heavy (non-hydrogen) atoms. The van der Waals surface area contributed by atoms with Crippen molar-refractivity contribution in [3.8, 4) is 0 Å². The minimum Gasteiger partial charge on any atom is -0.370 e. The van der Waals surface area contributed by atoms with E-state index >= 15 is 0 Å². The van der Waals surface area contributed by atoms with Gasteiger partial charge in [-0.15, -0.1) is 10.2 Å². The molecule has 1 fully saturated rings. The maximum atomic E-state index is 12.1. The van der Waals surface area contributed by atoms with Crippen LogP contribution in [-0.2, 0) is 23.0 Å². The van der Waals surface area contributed by atoms with E-state index in [1.165, 1.54) is 18.6 Å². The predicted octanol–water partition coefficient (Wildman–Crippen LogP) is 1.94. The zero-order chi connectivity index (χ0) is 20.6. The van der Waals surface area contributed by atoms with E-state index in [0.29, 0.717) is 18.8 Å². The average Bonchev–Trinajstić information content (AvgIpc) is 2.95. The monoisotopic (exact) mass is 420 g/mol. The highest BCUT2D eigenvalue weighted by atomic mass is 32.2. The maximum absolute atomic E-state index is 12.1. The van der Waals surface area contributed by atoms with Crippen molar-refractivity contribution < 1.29 is 13.3 Å². The molecule has 2 N–H and O–H groups in total. The van der Waals surface area contributed by atoms with Crippen molar-refractivity contribution in [3.63, 3.8) is 0 Å². The Morgan fingerprint density at radius 1 is 1.14 bits per heavy atom. The van der Waals surface area contributed by atoms with Gasteiger partial charge in [-0.05, 0) is 31.7 Å². The molecular formula is C18H24N6O4S. The quantitative estimate of drug-likeness (QED) is 0.589. The summed E-state index contributed by atoms with van der Waals surface area (Å²) in [5.41, 5.74) is 0.104. The normalized spacial score (nSPS) is 20.2. The van der Waals surface area contributed by atoms with Gasteiger partial charge in [0.1, 0.15) is 16.5 Å². The van der Waals surface area contributed by atoms with Crippen LogP contribution in [0.4, 0.5) is 11.4 Å². The number of hydrogen-bond acceptors (Lipinski definition) is 7. The first-order chi connectivity index (χ1) is 13.8. The standard InChI is InChI=1S/C18H24N6O4S/c19-29(27,28)16-11-14(24(25)26)7-8-15(16)22-9-4-5-13(12-22)18-21-20-17-6-2-1-3-10-23(17)18/h7-8,11,13H,1-6,9-10,12H2,(H2,19,27,28)/t13-/m1/s1. The number of sulfonamides is 1. The second-order valence-electron chi connectivity index (χ2n) is 7.68. The van der Waals surface area contributed by atoms with Crippen LogP contribution in [0.1, 0.15) is 49.7 Å². The topological polar surface area (TPSA) is 137 Å². The lowest BCUT2D eigenvalue weighted by atomic mass is 9.96. The summed E-state index contributed by atoms with van der Waals surface area (Å²) in [5.74, 6) is 2.09. The fourth-order valence-corrected chi connectivity index (χ4v) is 5.10. The molecule has 1 aromatic carbocycles. The number of aryl methyl sites for hydroxylation is 1. The van der Waals surface area contributed by atoms with Gasteiger partial charge in [-0.25, -0.2) is 13.6 Å². The van der Waals surface area contributed by atoms with Gasteiger partial charge in [-0.1, -0.05) is 6.42 Å². The third-order valence-corrected chi connectivity index (χ3v) is 6.67. The first-order valence-corrected chi connectivity index (χ1v) is 11.4.